The van der Waals surface area contributed by atoms with Crippen molar-refractivity contribution in [3.8, 4) is 6.07 Å². The van der Waals surface area contributed by atoms with Crippen molar-refractivity contribution in [2.45, 2.75) is 95.9 Å². The van der Waals surface area contributed by atoms with Crippen LogP contribution in [0.5, 0.6) is 0 Å². The molecule has 2 heterocycles. The maximum Gasteiger partial charge on any atom is 0.323 e. The van der Waals surface area contributed by atoms with Crippen LogP contribution in [-0.4, -0.2) is 83.8 Å². The first-order valence-corrected chi connectivity index (χ1v) is 14.1. The first-order valence-electron chi connectivity index (χ1n) is 14.1. The van der Waals surface area contributed by atoms with E-state index in [0.717, 1.165) is 25.6 Å². The van der Waals surface area contributed by atoms with Gasteiger partial charge in [0, 0.05) is 13.5 Å². The Bertz CT molecular complexity index is 1270. The molecule has 3 rings (SSSR count). The number of esters is 2. The van der Waals surface area contributed by atoms with E-state index in [-0.39, 0.29) is 36.2 Å². The smallest absolute Gasteiger partial charge is 0.323 e. The molecule has 1 aromatic rings. The van der Waals surface area contributed by atoms with Crippen molar-refractivity contribution >= 4 is 30.0 Å². The zero-order chi connectivity index (χ0) is 32.2. The highest BCUT2D eigenvalue weighted by Crippen LogP contribution is 2.41. The van der Waals surface area contributed by atoms with Gasteiger partial charge in [-0.25, -0.2) is 4.99 Å². The fourth-order valence-electron chi connectivity index (χ4n) is 4.52. The minimum atomic E-state index is -2.11. The quantitative estimate of drug-likeness (QED) is 0.139. The summed E-state index contributed by atoms with van der Waals surface area (Å²) in [4.78, 5) is 44.9. The zero-order valence-corrected chi connectivity index (χ0v) is 25.4. The highest BCUT2D eigenvalue weighted by Gasteiger charge is 2.59. The number of nitriles is 1. The van der Waals surface area contributed by atoms with E-state index in [1.54, 1.807) is 34.6 Å². The molecular formula is C29H42N6O8. The number of nitrogens with one attached hydrogen (secondary N) is 3. The van der Waals surface area contributed by atoms with E-state index in [1.165, 1.54) is 19.2 Å². The van der Waals surface area contributed by atoms with Gasteiger partial charge in [0.25, 0.3) is 5.91 Å². The van der Waals surface area contributed by atoms with Gasteiger partial charge in [0.05, 0.1) is 11.4 Å². The third kappa shape index (κ3) is 7.48. The Labute approximate surface area is 250 Å². The molecule has 0 bridgehead atoms. The molecule has 1 aromatic heterocycles. The van der Waals surface area contributed by atoms with Gasteiger partial charge >= 0.3 is 11.9 Å². The van der Waals surface area contributed by atoms with Crippen molar-refractivity contribution in [1.29, 1.82) is 10.7 Å². The second kappa shape index (κ2) is 13.3. The number of aliphatic imine (C=N–C) groups is 1. The molecule has 0 unspecified atom stereocenters. The number of aliphatic hydroxyl groups excluding tert-OH is 1. The van der Waals surface area contributed by atoms with Gasteiger partial charge in [-0.2, -0.15) is 5.26 Å². The average molecular weight is 603 g/mol. The summed E-state index contributed by atoms with van der Waals surface area (Å²) in [6.07, 6.45) is -0.459. The van der Waals surface area contributed by atoms with Gasteiger partial charge in [0.1, 0.15) is 42.9 Å². The molecule has 2 aliphatic rings. The molecule has 0 radical (unpaired) electrons. The van der Waals surface area contributed by atoms with Gasteiger partial charge in [-0.1, -0.05) is 27.2 Å². The Morgan fingerprint density at radius 1 is 1.33 bits per heavy atom. The number of amidine groups is 1. The van der Waals surface area contributed by atoms with E-state index >= 15 is 0 Å². The number of aromatic nitrogens is 1. The van der Waals surface area contributed by atoms with Gasteiger partial charge in [-0.05, 0) is 50.2 Å². The number of aliphatic hydroxyl groups is 1. The first kappa shape index (κ1) is 33.9. The molecule has 6 N–H and O–H groups in total. The molecule has 1 aliphatic carbocycles. The number of carbonyl (C=O) groups is 3. The van der Waals surface area contributed by atoms with Crippen LogP contribution in [0.2, 0.25) is 0 Å². The summed E-state index contributed by atoms with van der Waals surface area (Å²) in [7, 11) is 1.37. The topological polar surface area (TPSA) is 222 Å². The van der Waals surface area contributed by atoms with E-state index in [4.69, 9.17) is 30.1 Å². The Hall–Kier alpha value is -3.64. The molecular weight excluding hydrogens is 560 g/mol. The number of carbonyl (C=O) groups excluding carboxylic acids is 3. The summed E-state index contributed by atoms with van der Waals surface area (Å²) in [5.41, 5.74) is 2.33. The summed E-state index contributed by atoms with van der Waals surface area (Å²) >= 11 is 0. The van der Waals surface area contributed by atoms with Crippen LogP contribution in [0, 0.1) is 28.1 Å². The number of nitrogens with zero attached hydrogens (tertiary/aromatic N) is 2. The fraction of sp³-hybridized carbons (Fsp3) is 0.655. The van der Waals surface area contributed by atoms with E-state index in [2.05, 4.69) is 15.3 Å². The number of methoxy groups -OCH3 is 1. The lowest BCUT2D eigenvalue weighted by atomic mass is 9.83. The van der Waals surface area contributed by atoms with Crippen molar-refractivity contribution < 1.29 is 38.4 Å². The van der Waals surface area contributed by atoms with E-state index in [9.17, 15) is 24.8 Å². The predicted octanol–water partition coefficient (Wildman–Crippen LogP) is 1.41. The number of amides is 1. The number of H-pyrrole nitrogens is 1. The zero-order valence-electron chi connectivity index (χ0n) is 25.4. The minimum absolute atomic E-state index is 0.0416. The van der Waals surface area contributed by atoms with Crippen molar-refractivity contribution in [1.82, 2.24) is 10.3 Å². The Balaban J connectivity index is 1.91. The number of rotatable bonds is 11. The average Bonchev–Trinajstić information content (AvgIpc) is 3.52. The molecule has 0 aromatic carbocycles. The van der Waals surface area contributed by atoms with Crippen molar-refractivity contribution in [3.05, 3.63) is 23.5 Å². The maximum absolute atomic E-state index is 13.0. The summed E-state index contributed by atoms with van der Waals surface area (Å²) in [5.74, 6) is -1.64. The lowest BCUT2D eigenvalue weighted by Crippen LogP contribution is -2.49. The third-order valence-corrected chi connectivity index (χ3v) is 7.95. The minimum Gasteiger partial charge on any atom is -0.463 e. The second-order valence-electron chi connectivity index (χ2n) is 12.4. The van der Waals surface area contributed by atoms with Crippen molar-refractivity contribution in [2.75, 3.05) is 13.7 Å². The van der Waals surface area contributed by atoms with Gasteiger partial charge < -0.3 is 40.1 Å². The highest BCUT2D eigenvalue weighted by molar-refractivity contribution is 6.10. The molecule has 2 fully saturated rings. The Morgan fingerprint density at radius 2 is 2.00 bits per heavy atom. The van der Waals surface area contributed by atoms with Crippen LogP contribution in [0.15, 0.2) is 17.1 Å². The molecule has 0 spiro atoms. The molecule has 43 heavy (non-hydrogen) atoms. The fourth-order valence-corrected chi connectivity index (χ4v) is 4.52. The second-order valence-corrected chi connectivity index (χ2v) is 12.4. The monoisotopic (exact) mass is 602 g/mol. The molecule has 1 saturated carbocycles. The van der Waals surface area contributed by atoms with Gasteiger partial charge in [0.2, 0.25) is 5.60 Å². The van der Waals surface area contributed by atoms with Crippen LogP contribution in [0.4, 0.5) is 0 Å². The number of hydrogen-bond donors (Lipinski definition) is 5. The van der Waals surface area contributed by atoms with Crippen LogP contribution >= 0.6 is 0 Å². The van der Waals surface area contributed by atoms with Crippen molar-refractivity contribution in [2.24, 2.45) is 22.1 Å². The largest absolute Gasteiger partial charge is 0.463 e. The summed E-state index contributed by atoms with van der Waals surface area (Å²) in [6, 6.07) is 3.81. The first-order chi connectivity index (χ1) is 20.1. The van der Waals surface area contributed by atoms with E-state index in [0.29, 0.717) is 0 Å². The molecule has 14 heteroatoms. The summed E-state index contributed by atoms with van der Waals surface area (Å²) in [6.45, 7) is 7.96. The van der Waals surface area contributed by atoms with Gasteiger partial charge in [0.15, 0.2) is 11.9 Å². The summed E-state index contributed by atoms with van der Waals surface area (Å²) in [5, 5.41) is 31.8. The number of aromatic amines is 1. The van der Waals surface area contributed by atoms with Crippen LogP contribution < -0.4 is 11.1 Å². The molecule has 236 valence electrons. The number of nitrogens with two attached hydrogens (primary N) is 1. The SMILES string of the molecule is COC(C)(C)C(=O)N/C(=N/C=N)c1ccc([C@]2(C#N)O[C@H](COC(=O)CC3CCC3)[C@@H](OC(=O)[C@@H](N)C(C)(C)C)[C@H]2O)[nH]1. The lowest BCUT2D eigenvalue weighted by Gasteiger charge is -2.29. The Kier molecular flexibility index (Phi) is 10.5. The van der Waals surface area contributed by atoms with Crippen LogP contribution in [-0.2, 0) is 38.9 Å². The van der Waals surface area contributed by atoms with Gasteiger partial charge in [-0.15, -0.1) is 0 Å². The standard InChI is InChI=1S/C29H42N6O8/c1-27(2,3)22(32)25(38)42-21-18(13-41-20(36)12-16-8-7-9-16)43-29(14-30,23(21)37)19-11-10-17(34-19)24(33-15-31)35-26(39)28(4,5)40-6/h10-11,15-16,18,21-23,34,37H,7-9,12-13,32H2,1-6H3,(H2,31,33,35,39)/t18-,21-,22-,23-,29+/m1/s1. The molecule has 1 aliphatic heterocycles. The lowest BCUT2D eigenvalue weighted by molar-refractivity contribution is -0.163. The van der Waals surface area contributed by atoms with Crippen LogP contribution in [0.25, 0.3) is 0 Å². The molecule has 14 nitrogen and oxygen atoms in total. The summed E-state index contributed by atoms with van der Waals surface area (Å²) < 4.78 is 22.3. The Morgan fingerprint density at radius 3 is 2.53 bits per heavy atom. The van der Waals surface area contributed by atoms with Gasteiger partial charge in [-0.3, -0.25) is 19.8 Å². The van der Waals surface area contributed by atoms with Crippen LogP contribution in [0.1, 0.15) is 71.7 Å². The molecule has 5 atom stereocenters. The predicted molar refractivity (Wildman–Crippen MR) is 154 cm³/mol. The van der Waals surface area contributed by atoms with E-state index < -0.39 is 58.8 Å². The van der Waals surface area contributed by atoms with E-state index in [1.807, 2.05) is 6.07 Å². The highest BCUT2D eigenvalue weighted by atomic mass is 16.6. The number of ether oxygens (including phenoxy) is 4. The number of hydrogen-bond acceptors (Lipinski definition) is 11. The van der Waals surface area contributed by atoms with Crippen LogP contribution in [0.3, 0.4) is 0 Å². The maximum atomic E-state index is 13.0. The normalized spacial score (nSPS) is 25.3. The third-order valence-electron chi connectivity index (χ3n) is 7.95. The van der Waals surface area contributed by atoms with Crippen molar-refractivity contribution in [3.63, 3.8) is 0 Å². The molecule has 1 saturated heterocycles. The molecule has 1 amide bonds.